The number of methoxy groups -OCH3 is 1. The molecule has 0 atom stereocenters. The first-order chi connectivity index (χ1) is 14.6. The van der Waals surface area contributed by atoms with E-state index < -0.39 is 0 Å². The number of amides is 1. The van der Waals surface area contributed by atoms with Crippen molar-refractivity contribution in [1.82, 2.24) is 0 Å². The summed E-state index contributed by atoms with van der Waals surface area (Å²) in [5, 5.41) is 13.7. The molecule has 0 unspecified atom stereocenters. The van der Waals surface area contributed by atoms with Gasteiger partial charge in [-0.05, 0) is 77.0 Å². The molecular weight excluding hydrogens is 464 g/mol. The van der Waals surface area contributed by atoms with E-state index in [9.17, 15) is 9.90 Å². The first kappa shape index (κ1) is 20.6. The number of phenolic OH excluding ortho intramolecular Hbond substituents is 1. The molecule has 0 fully saturated rings. The van der Waals surface area contributed by atoms with Gasteiger partial charge in [0.15, 0.2) is 11.5 Å². The highest BCUT2D eigenvalue weighted by Gasteiger charge is 2.25. The van der Waals surface area contributed by atoms with Crippen LogP contribution in [0.3, 0.4) is 0 Å². The number of rotatable bonds is 5. The van der Waals surface area contributed by atoms with Crippen LogP contribution in [0.5, 0.6) is 11.5 Å². The van der Waals surface area contributed by atoms with Crippen molar-refractivity contribution in [3.05, 3.63) is 68.5 Å². The smallest absolute Gasteiger partial charge is 0.259 e. The van der Waals surface area contributed by atoms with Crippen LogP contribution in [0.2, 0.25) is 0 Å². The molecule has 1 heterocycles. The first-order valence-corrected chi connectivity index (χ1v) is 11.3. The molecule has 1 aliphatic rings. The Labute approximate surface area is 187 Å². The van der Waals surface area contributed by atoms with Crippen LogP contribution >= 0.6 is 27.3 Å². The van der Waals surface area contributed by atoms with Gasteiger partial charge in [0.1, 0.15) is 5.00 Å². The number of carbonyl (C=O) groups is 1. The van der Waals surface area contributed by atoms with Crippen molar-refractivity contribution < 1.29 is 14.6 Å². The molecule has 30 heavy (non-hydrogen) atoms. The number of ether oxygens (including phenoxy) is 1. The summed E-state index contributed by atoms with van der Waals surface area (Å²) in [5.41, 5.74) is 3.31. The van der Waals surface area contributed by atoms with Gasteiger partial charge in [0.05, 0.1) is 17.1 Å². The number of fused-ring (bicyclic) bond motifs is 1. The highest BCUT2D eigenvalue weighted by molar-refractivity contribution is 9.10. The molecule has 0 saturated carbocycles. The van der Waals surface area contributed by atoms with Gasteiger partial charge >= 0.3 is 0 Å². The fraction of sp³-hybridized carbons (Fsp3) is 0.217. The summed E-state index contributed by atoms with van der Waals surface area (Å²) in [6.45, 7) is 0. The highest BCUT2D eigenvalue weighted by Crippen LogP contribution is 2.40. The van der Waals surface area contributed by atoms with Crippen LogP contribution in [-0.2, 0) is 12.8 Å². The highest BCUT2D eigenvalue weighted by atomic mass is 79.9. The normalized spacial score (nSPS) is 13.3. The molecule has 0 aliphatic heterocycles. The number of halogens is 1. The van der Waals surface area contributed by atoms with Gasteiger partial charge in [0, 0.05) is 16.8 Å². The van der Waals surface area contributed by atoms with Gasteiger partial charge in [-0.1, -0.05) is 18.2 Å². The van der Waals surface area contributed by atoms with E-state index in [-0.39, 0.29) is 11.7 Å². The second-order valence-electron chi connectivity index (χ2n) is 7.02. The van der Waals surface area contributed by atoms with Gasteiger partial charge in [-0.3, -0.25) is 4.79 Å². The van der Waals surface area contributed by atoms with Crippen LogP contribution < -0.4 is 10.1 Å². The van der Waals surface area contributed by atoms with Crippen molar-refractivity contribution in [3.8, 4) is 11.5 Å². The van der Waals surface area contributed by atoms with Crippen molar-refractivity contribution in [1.29, 1.82) is 0 Å². The lowest BCUT2D eigenvalue weighted by Gasteiger charge is -2.12. The zero-order valence-corrected chi connectivity index (χ0v) is 18.8. The molecule has 3 aromatic rings. The van der Waals surface area contributed by atoms with Gasteiger partial charge in [-0.2, -0.15) is 0 Å². The number of phenols is 1. The van der Waals surface area contributed by atoms with Crippen molar-refractivity contribution in [2.75, 3.05) is 12.4 Å². The molecule has 0 radical (unpaired) electrons. The Hall–Kier alpha value is -2.64. The molecule has 0 bridgehead atoms. The maximum absolute atomic E-state index is 13.1. The number of aliphatic imine (C=N–C) groups is 1. The molecule has 0 spiro atoms. The van der Waals surface area contributed by atoms with Crippen LogP contribution in [0, 0.1) is 0 Å². The molecule has 4 rings (SSSR count). The van der Waals surface area contributed by atoms with Crippen LogP contribution in [0.4, 0.5) is 10.7 Å². The third kappa shape index (κ3) is 4.27. The minimum absolute atomic E-state index is 0.0455. The zero-order valence-electron chi connectivity index (χ0n) is 16.4. The predicted molar refractivity (Wildman–Crippen MR) is 125 cm³/mol. The van der Waals surface area contributed by atoms with E-state index in [1.54, 1.807) is 29.7 Å². The lowest BCUT2D eigenvalue weighted by atomic mass is 9.95. The molecule has 7 heteroatoms. The molecular formula is C23H21BrN2O3S. The second-order valence-corrected chi connectivity index (χ2v) is 8.96. The zero-order chi connectivity index (χ0) is 21.1. The van der Waals surface area contributed by atoms with E-state index in [0.717, 1.165) is 42.5 Å². The summed E-state index contributed by atoms with van der Waals surface area (Å²) in [7, 11) is 1.50. The van der Waals surface area contributed by atoms with Gasteiger partial charge in [-0.25, -0.2) is 4.99 Å². The Morgan fingerprint density at radius 3 is 2.77 bits per heavy atom. The molecule has 1 amide bonds. The van der Waals surface area contributed by atoms with Crippen molar-refractivity contribution in [3.63, 3.8) is 0 Å². The number of aryl methyl sites for hydroxylation is 1. The van der Waals surface area contributed by atoms with Crippen molar-refractivity contribution in [2.24, 2.45) is 4.99 Å². The molecule has 154 valence electrons. The third-order valence-corrected chi connectivity index (χ3v) is 6.82. The number of hydrogen-bond acceptors (Lipinski definition) is 5. The Morgan fingerprint density at radius 2 is 2.00 bits per heavy atom. The SMILES string of the molecule is COc1cc(C=Nc2sc3c(c2C(=O)Nc2ccccc2)CCCC3)cc(Br)c1O. The number of para-hydroxylation sites is 1. The molecule has 2 N–H and O–H groups in total. The summed E-state index contributed by atoms with van der Waals surface area (Å²) in [6.07, 6.45) is 5.81. The molecule has 5 nitrogen and oxygen atoms in total. The van der Waals surface area contributed by atoms with Crippen LogP contribution in [0.25, 0.3) is 0 Å². The van der Waals surface area contributed by atoms with Gasteiger partial charge < -0.3 is 15.2 Å². The fourth-order valence-corrected chi connectivity index (χ4v) is 5.24. The summed E-state index contributed by atoms with van der Waals surface area (Å²) in [6, 6.07) is 12.9. The number of aromatic hydroxyl groups is 1. The Bertz CT molecular complexity index is 1110. The molecule has 0 saturated heterocycles. The van der Waals surface area contributed by atoms with E-state index in [1.165, 1.54) is 12.0 Å². The number of benzene rings is 2. The molecule has 2 aromatic carbocycles. The van der Waals surface area contributed by atoms with Crippen LogP contribution in [-0.4, -0.2) is 24.3 Å². The number of carbonyl (C=O) groups excluding carboxylic acids is 1. The average Bonchev–Trinajstić information content (AvgIpc) is 3.13. The lowest BCUT2D eigenvalue weighted by Crippen LogP contribution is -2.14. The number of thiophene rings is 1. The van der Waals surface area contributed by atoms with Crippen LogP contribution in [0.15, 0.2) is 51.9 Å². The minimum atomic E-state index is -0.128. The number of anilines is 1. The van der Waals surface area contributed by atoms with E-state index in [2.05, 4.69) is 26.2 Å². The summed E-state index contributed by atoms with van der Waals surface area (Å²) in [4.78, 5) is 19.1. The predicted octanol–water partition coefficient (Wildman–Crippen LogP) is 6.11. The fourth-order valence-electron chi connectivity index (χ4n) is 3.55. The summed E-state index contributed by atoms with van der Waals surface area (Å²) < 4.78 is 5.73. The molecule has 1 aromatic heterocycles. The standard InChI is InChI=1S/C23H21BrN2O3S/c1-29-18-12-14(11-17(24)21(18)27)13-25-23-20(16-9-5-6-10-19(16)30-23)22(28)26-15-7-3-2-4-8-15/h2-4,7-8,11-13,27H,5-6,9-10H2,1H3,(H,26,28). The number of nitrogens with zero attached hydrogens (tertiary/aromatic N) is 1. The summed E-state index contributed by atoms with van der Waals surface area (Å²) >= 11 is 4.92. The topological polar surface area (TPSA) is 70.9 Å². The van der Waals surface area contributed by atoms with Gasteiger partial charge in [0.2, 0.25) is 0 Å². The average molecular weight is 485 g/mol. The van der Waals surface area contributed by atoms with Crippen molar-refractivity contribution >= 4 is 50.1 Å². The van der Waals surface area contributed by atoms with E-state index in [0.29, 0.717) is 20.8 Å². The summed E-state index contributed by atoms with van der Waals surface area (Å²) in [5.74, 6) is 0.278. The van der Waals surface area contributed by atoms with Crippen molar-refractivity contribution in [2.45, 2.75) is 25.7 Å². The number of nitrogens with one attached hydrogen (secondary N) is 1. The minimum Gasteiger partial charge on any atom is -0.503 e. The number of hydrogen-bond donors (Lipinski definition) is 2. The Kier molecular flexibility index (Phi) is 6.20. The van der Waals surface area contributed by atoms with Crippen LogP contribution in [0.1, 0.15) is 39.2 Å². The van der Waals surface area contributed by atoms with Gasteiger partial charge in [0.25, 0.3) is 5.91 Å². The largest absolute Gasteiger partial charge is 0.503 e. The van der Waals surface area contributed by atoms with E-state index >= 15 is 0 Å². The second kappa shape index (κ2) is 9.02. The first-order valence-electron chi connectivity index (χ1n) is 9.68. The van der Waals surface area contributed by atoms with E-state index in [1.807, 2.05) is 30.3 Å². The monoisotopic (exact) mass is 484 g/mol. The van der Waals surface area contributed by atoms with E-state index in [4.69, 9.17) is 4.74 Å². The van der Waals surface area contributed by atoms with Gasteiger partial charge in [-0.15, -0.1) is 11.3 Å². The quantitative estimate of drug-likeness (QED) is 0.429. The maximum Gasteiger partial charge on any atom is 0.259 e. The third-order valence-electron chi connectivity index (χ3n) is 5.01. The maximum atomic E-state index is 13.1. The molecule has 1 aliphatic carbocycles. The lowest BCUT2D eigenvalue weighted by molar-refractivity contribution is 0.102. The Morgan fingerprint density at radius 1 is 1.23 bits per heavy atom. The Balaban J connectivity index is 1.70.